The van der Waals surface area contributed by atoms with Crippen LogP contribution in [-0.4, -0.2) is 46.1 Å². The highest BCUT2D eigenvalue weighted by molar-refractivity contribution is 5.80. The highest BCUT2D eigenvalue weighted by atomic mass is 16.3. The van der Waals surface area contributed by atoms with Crippen LogP contribution in [0.25, 0.3) is 0 Å². The van der Waals surface area contributed by atoms with E-state index in [0.29, 0.717) is 6.42 Å². The second kappa shape index (κ2) is 37.4. The van der Waals surface area contributed by atoms with Crippen molar-refractivity contribution in [1.29, 1.82) is 0 Å². The number of aliphatic hydroxyl groups excluding tert-OH is 3. The maximum atomic E-state index is 12.4. The predicted octanol–water partition coefficient (Wildman–Crippen LogP) is 11.2. The van der Waals surface area contributed by atoms with Gasteiger partial charge in [0.2, 0.25) is 5.91 Å². The second-order valence-electron chi connectivity index (χ2n) is 13.8. The van der Waals surface area contributed by atoms with Gasteiger partial charge in [-0.05, 0) is 44.9 Å². The third-order valence-electron chi connectivity index (χ3n) is 9.21. The zero-order valence-corrected chi connectivity index (χ0v) is 31.2. The van der Waals surface area contributed by atoms with Crippen molar-refractivity contribution < 1.29 is 20.1 Å². The van der Waals surface area contributed by atoms with E-state index in [0.717, 1.165) is 44.9 Å². The highest BCUT2D eigenvalue weighted by Gasteiger charge is 2.22. The lowest BCUT2D eigenvalue weighted by atomic mass is 10.0. The van der Waals surface area contributed by atoms with E-state index >= 15 is 0 Å². The van der Waals surface area contributed by atoms with Gasteiger partial charge in [-0.15, -0.1) is 0 Å². The molecule has 1 amide bonds. The fraction of sp³-hybridized carbons (Fsp3) is 0.833. The van der Waals surface area contributed by atoms with Crippen molar-refractivity contribution in [3.05, 3.63) is 36.5 Å². The molecular formula is C42H79NO4. The number of carbonyl (C=O) groups excluding carboxylic acids is 1. The van der Waals surface area contributed by atoms with Crippen molar-refractivity contribution in [2.24, 2.45) is 0 Å². The molecule has 0 bridgehead atoms. The van der Waals surface area contributed by atoms with E-state index < -0.39 is 24.2 Å². The zero-order chi connectivity index (χ0) is 34.5. The van der Waals surface area contributed by atoms with Gasteiger partial charge in [-0.2, -0.15) is 0 Å². The van der Waals surface area contributed by atoms with E-state index in [9.17, 15) is 20.1 Å². The average molecular weight is 662 g/mol. The van der Waals surface area contributed by atoms with Gasteiger partial charge < -0.3 is 20.6 Å². The number of carbonyl (C=O) groups is 1. The van der Waals surface area contributed by atoms with Crippen LogP contribution >= 0.6 is 0 Å². The van der Waals surface area contributed by atoms with Gasteiger partial charge >= 0.3 is 0 Å². The van der Waals surface area contributed by atoms with Crippen LogP contribution in [0.1, 0.15) is 200 Å². The first-order chi connectivity index (χ1) is 23.1. The van der Waals surface area contributed by atoms with Crippen molar-refractivity contribution in [1.82, 2.24) is 5.32 Å². The molecule has 0 aromatic heterocycles. The third-order valence-corrected chi connectivity index (χ3v) is 9.21. The molecule has 0 rings (SSSR count). The molecule has 3 atom stereocenters. The zero-order valence-electron chi connectivity index (χ0n) is 31.2. The first-order valence-electron chi connectivity index (χ1n) is 20.3. The first kappa shape index (κ1) is 45.6. The Kier molecular flexibility index (Phi) is 36.3. The van der Waals surface area contributed by atoms with Crippen molar-refractivity contribution in [3.8, 4) is 0 Å². The van der Waals surface area contributed by atoms with Crippen molar-refractivity contribution >= 4 is 5.91 Å². The number of allylic oxidation sites excluding steroid dienone is 5. The van der Waals surface area contributed by atoms with Gasteiger partial charge in [0.15, 0.2) is 0 Å². The molecule has 0 aromatic rings. The number of aliphatic hydroxyl groups is 3. The molecule has 0 spiro atoms. The SMILES string of the molecule is CCCCC/C=C/CC/C=C/CC/C=C/C(O)C(CO)NC(=O)C(O)CCCCCCCCCCCCCCCCCCCCCC. The lowest BCUT2D eigenvalue weighted by Gasteiger charge is -2.21. The maximum Gasteiger partial charge on any atom is 0.249 e. The number of hydrogen-bond acceptors (Lipinski definition) is 4. The fourth-order valence-corrected chi connectivity index (χ4v) is 5.98. The maximum absolute atomic E-state index is 12.4. The largest absolute Gasteiger partial charge is 0.394 e. The third kappa shape index (κ3) is 32.9. The van der Waals surface area contributed by atoms with Crippen LogP contribution in [0.4, 0.5) is 0 Å². The number of hydrogen-bond donors (Lipinski definition) is 4. The van der Waals surface area contributed by atoms with E-state index in [1.54, 1.807) is 6.08 Å². The van der Waals surface area contributed by atoms with Gasteiger partial charge in [0, 0.05) is 0 Å². The normalized spacial score (nSPS) is 14.1. The quantitative estimate of drug-likeness (QED) is 0.0397. The molecule has 5 nitrogen and oxygen atoms in total. The summed E-state index contributed by atoms with van der Waals surface area (Å²) in [5, 5.41) is 33.0. The van der Waals surface area contributed by atoms with E-state index in [1.807, 2.05) is 6.08 Å². The summed E-state index contributed by atoms with van der Waals surface area (Å²) in [6, 6.07) is -0.817. The molecule has 0 saturated heterocycles. The van der Waals surface area contributed by atoms with E-state index in [-0.39, 0.29) is 6.61 Å². The van der Waals surface area contributed by atoms with Crippen LogP contribution in [0.5, 0.6) is 0 Å². The molecule has 0 aliphatic rings. The smallest absolute Gasteiger partial charge is 0.249 e. The van der Waals surface area contributed by atoms with Gasteiger partial charge in [-0.3, -0.25) is 4.79 Å². The Morgan fingerprint density at radius 2 is 0.872 bits per heavy atom. The summed E-state index contributed by atoms with van der Waals surface area (Å²) in [6.45, 7) is 4.13. The summed E-state index contributed by atoms with van der Waals surface area (Å²) in [5.74, 6) is -0.517. The summed E-state index contributed by atoms with van der Waals surface area (Å²) in [7, 11) is 0. The van der Waals surface area contributed by atoms with Gasteiger partial charge in [-0.1, -0.05) is 192 Å². The van der Waals surface area contributed by atoms with Gasteiger partial charge in [0.1, 0.15) is 6.10 Å². The van der Waals surface area contributed by atoms with Crippen LogP contribution in [0.2, 0.25) is 0 Å². The summed E-state index contributed by atoms with van der Waals surface area (Å²) in [6.07, 6.45) is 46.0. The Morgan fingerprint density at radius 3 is 1.30 bits per heavy atom. The van der Waals surface area contributed by atoms with Crippen LogP contribution in [0, 0.1) is 0 Å². The van der Waals surface area contributed by atoms with E-state index in [4.69, 9.17) is 0 Å². The van der Waals surface area contributed by atoms with Gasteiger partial charge in [0.25, 0.3) is 0 Å². The molecule has 0 aromatic carbocycles. The number of nitrogens with one attached hydrogen (secondary N) is 1. The molecule has 3 unspecified atom stereocenters. The number of rotatable bonds is 36. The molecule has 0 aliphatic carbocycles. The van der Waals surface area contributed by atoms with Crippen LogP contribution in [0.15, 0.2) is 36.5 Å². The average Bonchev–Trinajstić information content (AvgIpc) is 3.07. The Labute approximate surface area is 292 Å². The van der Waals surface area contributed by atoms with Crippen molar-refractivity contribution in [3.63, 3.8) is 0 Å². The van der Waals surface area contributed by atoms with E-state index in [2.05, 4.69) is 43.5 Å². The minimum absolute atomic E-state index is 0.380. The highest BCUT2D eigenvalue weighted by Crippen LogP contribution is 2.15. The molecule has 0 heterocycles. The molecule has 47 heavy (non-hydrogen) atoms. The predicted molar refractivity (Wildman–Crippen MR) is 204 cm³/mol. The van der Waals surface area contributed by atoms with Crippen molar-refractivity contribution in [2.45, 2.75) is 218 Å². The lowest BCUT2D eigenvalue weighted by Crippen LogP contribution is -2.48. The van der Waals surface area contributed by atoms with Crippen LogP contribution < -0.4 is 5.32 Å². The standard InChI is InChI=1S/C42H79NO4/c1-3-5-7-9-11-13-15-17-18-19-20-21-22-23-25-27-29-31-33-35-37-41(46)42(47)43-39(38-44)40(45)36-34-32-30-28-26-24-16-14-12-10-8-6-4-2/h12,14,26,28,34,36,39-41,44-46H,3-11,13,15-25,27,29-33,35,37-38H2,1-2H3,(H,43,47)/b14-12+,28-26+,36-34+. The Hall–Kier alpha value is -1.43. The van der Waals surface area contributed by atoms with Crippen LogP contribution in [-0.2, 0) is 4.79 Å². The van der Waals surface area contributed by atoms with Crippen molar-refractivity contribution in [2.75, 3.05) is 6.61 Å². The molecule has 4 N–H and O–H groups in total. The Balaban J connectivity index is 3.70. The monoisotopic (exact) mass is 662 g/mol. The molecular weight excluding hydrogens is 582 g/mol. The molecule has 0 fully saturated rings. The number of unbranched alkanes of at least 4 members (excludes halogenated alkanes) is 24. The summed E-state index contributed by atoms with van der Waals surface area (Å²) < 4.78 is 0. The molecule has 276 valence electrons. The summed E-state index contributed by atoms with van der Waals surface area (Å²) >= 11 is 0. The molecule has 0 saturated carbocycles. The molecule has 0 radical (unpaired) electrons. The van der Waals surface area contributed by atoms with Gasteiger partial charge in [0.05, 0.1) is 18.8 Å². The number of amides is 1. The van der Waals surface area contributed by atoms with Gasteiger partial charge in [-0.25, -0.2) is 0 Å². The summed E-state index contributed by atoms with van der Waals surface area (Å²) in [5.41, 5.74) is 0. The minimum atomic E-state index is -1.10. The van der Waals surface area contributed by atoms with E-state index in [1.165, 1.54) is 135 Å². The first-order valence-corrected chi connectivity index (χ1v) is 20.3. The minimum Gasteiger partial charge on any atom is -0.394 e. The Bertz CT molecular complexity index is 734. The summed E-state index contributed by atoms with van der Waals surface area (Å²) in [4.78, 5) is 12.4. The topological polar surface area (TPSA) is 89.8 Å². The van der Waals surface area contributed by atoms with Crippen LogP contribution in [0.3, 0.4) is 0 Å². The molecule has 5 heteroatoms. The second-order valence-corrected chi connectivity index (χ2v) is 13.8. The molecule has 0 aliphatic heterocycles. The fourth-order valence-electron chi connectivity index (χ4n) is 5.98. The lowest BCUT2D eigenvalue weighted by molar-refractivity contribution is -0.131. The Morgan fingerprint density at radius 1 is 0.511 bits per heavy atom.